The molecule has 4 rings (SSSR count). The van der Waals surface area contributed by atoms with Gasteiger partial charge in [-0.2, -0.15) is 0 Å². The Hall–Kier alpha value is -3.16. The van der Waals surface area contributed by atoms with Crippen LogP contribution in [0, 0.1) is 5.82 Å². The first-order chi connectivity index (χ1) is 14.6. The number of aliphatic imine (C=N–C) groups is 1. The van der Waals surface area contributed by atoms with E-state index in [0.717, 1.165) is 37.2 Å². The Bertz CT molecular complexity index is 916. The number of benzene rings is 1. The molecule has 1 atom stereocenters. The van der Waals surface area contributed by atoms with Crippen molar-refractivity contribution in [2.75, 3.05) is 36.5 Å². The number of rotatable bonds is 5. The van der Waals surface area contributed by atoms with Gasteiger partial charge in [-0.1, -0.05) is 12.1 Å². The summed E-state index contributed by atoms with van der Waals surface area (Å²) in [7, 11) is 1.74. The highest BCUT2D eigenvalue weighted by Gasteiger charge is 2.26. The molecular formula is C22H27FN6O. The van der Waals surface area contributed by atoms with E-state index in [0.29, 0.717) is 31.3 Å². The molecule has 30 heavy (non-hydrogen) atoms. The second-order valence-corrected chi connectivity index (χ2v) is 7.63. The Labute approximate surface area is 176 Å². The molecule has 2 N–H and O–H groups in total. The van der Waals surface area contributed by atoms with Crippen molar-refractivity contribution in [2.24, 2.45) is 4.99 Å². The fourth-order valence-corrected chi connectivity index (χ4v) is 3.97. The quantitative estimate of drug-likeness (QED) is 0.585. The van der Waals surface area contributed by atoms with Crippen LogP contribution in [-0.2, 0) is 11.3 Å². The fourth-order valence-electron chi connectivity index (χ4n) is 3.97. The number of aromatic nitrogens is 1. The van der Waals surface area contributed by atoms with Crippen molar-refractivity contribution < 1.29 is 9.18 Å². The zero-order valence-electron chi connectivity index (χ0n) is 17.1. The number of amides is 1. The molecule has 2 fully saturated rings. The van der Waals surface area contributed by atoms with Crippen molar-refractivity contribution in [2.45, 2.75) is 31.8 Å². The summed E-state index contributed by atoms with van der Waals surface area (Å²) in [6, 6.07) is 11.3. The van der Waals surface area contributed by atoms with Crippen LogP contribution >= 0.6 is 0 Å². The molecule has 8 heteroatoms. The second-order valence-electron chi connectivity index (χ2n) is 7.63. The van der Waals surface area contributed by atoms with Gasteiger partial charge >= 0.3 is 0 Å². The van der Waals surface area contributed by atoms with Gasteiger partial charge in [0, 0.05) is 57.6 Å². The number of halogens is 1. The van der Waals surface area contributed by atoms with E-state index >= 15 is 0 Å². The average Bonchev–Trinajstić information content (AvgIpc) is 3.41. The smallest absolute Gasteiger partial charge is 0.227 e. The van der Waals surface area contributed by atoms with Crippen molar-refractivity contribution in [3.05, 3.63) is 54.0 Å². The van der Waals surface area contributed by atoms with Crippen molar-refractivity contribution >= 4 is 23.4 Å². The third-order valence-electron chi connectivity index (χ3n) is 5.57. The van der Waals surface area contributed by atoms with Crippen molar-refractivity contribution in [1.82, 2.24) is 15.6 Å². The van der Waals surface area contributed by atoms with Gasteiger partial charge in [0.05, 0.1) is 0 Å². The predicted molar refractivity (Wildman–Crippen MR) is 116 cm³/mol. The molecule has 0 bridgehead atoms. The molecule has 1 aromatic heterocycles. The molecule has 1 unspecified atom stereocenters. The molecule has 2 aromatic rings. The summed E-state index contributed by atoms with van der Waals surface area (Å²) in [4.78, 5) is 24.1. The van der Waals surface area contributed by atoms with Crippen LogP contribution < -0.4 is 20.4 Å². The summed E-state index contributed by atoms with van der Waals surface area (Å²) in [5.41, 5.74) is 2.06. The molecule has 7 nitrogen and oxygen atoms in total. The summed E-state index contributed by atoms with van der Waals surface area (Å²) < 4.78 is 14.0. The van der Waals surface area contributed by atoms with Crippen LogP contribution in [0.15, 0.2) is 47.6 Å². The van der Waals surface area contributed by atoms with Gasteiger partial charge in [0.1, 0.15) is 0 Å². The SMILES string of the molecule is CN=C(NCc1ccc(N2CCCC2=O)cc1)NC1CCN(c2ncccc2F)C1. The normalized spacial score (nSPS) is 19.5. The summed E-state index contributed by atoms with van der Waals surface area (Å²) in [5.74, 6) is 1.02. The number of guanidine groups is 1. The summed E-state index contributed by atoms with van der Waals surface area (Å²) in [6.45, 7) is 2.85. The number of carbonyl (C=O) groups is 1. The maximum atomic E-state index is 14.0. The number of carbonyl (C=O) groups excluding carboxylic acids is 1. The summed E-state index contributed by atoms with van der Waals surface area (Å²) in [6.07, 6.45) is 4.06. The van der Waals surface area contributed by atoms with Gasteiger partial charge in [0.15, 0.2) is 17.6 Å². The molecule has 158 valence electrons. The monoisotopic (exact) mass is 410 g/mol. The molecule has 0 spiro atoms. The molecular weight excluding hydrogens is 383 g/mol. The Morgan fingerprint density at radius 1 is 1.27 bits per heavy atom. The molecule has 0 radical (unpaired) electrons. The number of hydrogen-bond donors (Lipinski definition) is 2. The van der Waals surface area contributed by atoms with E-state index in [2.05, 4.69) is 20.6 Å². The standard InChI is InChI=1S/C22H27FN6O/c1-24-22(27-17-10-13-28(15-17)21-19(23)4-2-11-25-21)26-14-16-6-8-18(9-7-16)29-12-3-5-20(29)30/h2,4,6-9,11,17H,3,5,10,12-15H2,1H3,(H2,24,26,27). The average molecular weight is 410 g/mol. The molecule has 0 saturated carbocycles. The van der Waals surface area contributed by atoms with Crippen LogP contribution in [0.1, 0.15) is 24.8 Å². The Kier molecular flexibility index (Phi) is 6.11. The minimum absolute atomic E-state index is 0.168. The number of anilines is 2. The highest BCUT2D eigenvalue weighted by molar-refractivity contribution is 5.95. The highest BCUT2D eigenvalue weighted by atomic mass is 19.1. The number of pyridine rings is 1. The van der Waals surface area contributed by atoms with E-state index < -0.39 is 0 Å². The zero-order chi connectivity index (χ0) is 20.9. The van der Waals surface area contributed by atoms with Gasteiger partial charge in [-0.15, -0.1) is 0 Å². The maximum Gasteiger partial charge on any atom is 0.227 e. The Morgan fingerprint density at radius 2 is 2.10 bits per heavy atom. The van der Waals surface area contributed by atoms with E-state index in [9.17, 15) is 9.18 Å². The van der Waals surface area contributed by atoms with E-state index in [1.54, 1.807) is 19.3 Å². The minimum Gasteiger partial charge on any atom is -0.352 e. The lowest BCUT2D eigenvalue weighted by molar-refractivity contribution is -0.117. The van der Waals surface area contributed by atoms with E-state index in [1.165, 1.54) is 6.07 Å². The van der Waals surface area contributed by atoms with Crippen molar-refractivity contribution in [1.29, 1.82) is 0 Å². The second kappa shape index (κ2) is 9.11. The zero-order valence-corrected chi connectivity index (χ0v) is 17.1. The third kappa shape index (κ3) is 4.53. The summed E-state index contributed by atoms with van der Waals surface area (Å²) >= 11 is 0. The number of nitrogens with zero attached hydrogens (tertiary/aromatic N) is 4. The molecule has 0 aliphatic carbocycles. The van der Waals surface area contributed by atoms with Crippen molar-refractivity contribution in [3.63, 3.8) is 0 Å². The van der Waals surface area contributed by atoms with E-state index in [-0.39, 0.29) is 17.8 Å². The Balaban J connectivity index is 1.28. The van der Waals surface area contributed by atoms with Gasteiger partial charge in [0.2, 0.25) is 5.91 Å². The maximum absolute atomic E-state index is 14.0. The first kappa shape index (κ1) is 20.1. The fraction of sp³-hybridized carbons (Fsp3) is 0.409. The van der Waals surface area contributed by atoms with Gasteiger partial charge in [-0.3, -0.25) is 9.79 Å². The lowest BCUT2D eigenvalue weighted by Gasteiger charge is -2.20. The lowest BCUT2D eigenvalue weighted by atomic mass is 10.2. The molecule has 2 saturated heterocycles. The van der Waals surface area contributed by atoms with Gasteiger partial charge in [0.25, 0.3) is 0 Å². The number of nitrogens with one attached hydrogen (secondary N) is 2. The van der Waals surface area contributed by atoms with E-state index in [1.807, 2.05) is 34.1 Å². The molecule has 2 aliphatic heterocycles. The van der Waals surface area contributed by atoms with Crippen LogP contribution in [-0.4, -0.2) is 49.6 Å². The van der Waals surface area contributed by atoms with Gasteiger partial charge in [-0.25, -0.2) is 9.37 Å². The topological polar surface area (TPSA) is 72.9 Å². The molecule has 2 aliphatic rings. The first-order valence-electron chi connectivity index (χ1n) is 10.4. The first-order valence-corrected chi connectivity index (χ1v) is 10.4. The van der Waals surface area contributed by atoms with Crippen LogP contribution in [0.25, 0.3) is 0 Å². The van der Waals surface area contributed by atoms with Crippen LogP contribution in [0.5, 0.6) is 0 Å². The third-order valence-corrected chi connectivity index (χ3v) is 5.57. The van der Waals surface area contributed by atoms with Crippen molar-refractivity contribution in [3.8, 4) is 0 Å². The lowest BCUT2D eigenvalue weighted by Crippen LogP contribution is -2.44. The highest BCUT2D eigenvalue weighted by Crippen LogP contribution is 2.22. The van der Waals surface area contributed by atoms with Crippen LogP contribution in [0.3, 0.4) is 0 Å². The van der Waals surface area contributed by atoms with Crippen LogP contribution in [0.4, 0.5) is 15.9 Å². The molecule has 1 aromatic carbocycles. The van der Waals surface area contributed by atoms with Gasteiger partial charge in [-0.05, 0) is 42.7 Å². The van der Waals surface area contributed by atoms with Crippen LogP contribution in [0.2, 0.25) is 0 Å². The Morgan fingerprint density at radius 3 is 2.80 bits per heavy atom. The number of hydrogen-bond acceptors (Lipinski definition) is 4. The largest absolute Gasteiger partial charge is 0.352 e. The van der Waals surface area contributed by atoms with Gasteiger partial charge < -0.3 is 20.4 Å². The summed E-state index contributed by atoms with van der Waals surface area (Å²) in [5, 5.41) is 6.74. The molecule has 1 amide bonds. The van der Waals surface area contributed by atoms with E-state index in [4.69, 9.17) is 0 Å². The molecule has 3 heterocycles. The predicted octanol–water partition coefficient (Wildman–Crippen LogP) is 2.29. The minimum atomic E-state index is -0.292.